The van der Waals surface area contributed by atoms with Crippen LogP contribution in [0.4, 0.5) is 10.5 Å². The minimum atomic E-state index is -0.175. The van der Waals surface area contributed by atoms with Gasteiger partial charge in [0, 0.05) is 11.9 Å². The van der Waals surface area contributed by atoms with E-state index in [4.69, 9.17) is 0 Å². The van der Waals surface area contributed by atoms with Crippen molar-refractivity contribution in [2.75, 3.05) is 5.32 Å². The Kier molecular flexibility index (Phi) is 3.59. The summed E-state index contributed by atoms with van der Waals surface area (Å²) in [6.45, 7) is 0. The standard InChI is InChI=1S/C13H16N2O/c16-13(14-10-11-6-4-5-7-11)15-12-8-2-1-3-9-12/h1-3,8-10H,4-7H2,(H2,14,15,16). The van der Waals surface area contributed by atoms with Crippen LogP contribution in [0.3, 0.4) is 0 Å². The summed E-state index contributed by atoms with van der Waals surface area (Å²) in [5.74, 6) is 0. The van der Waals surface area contributed by atoms with Crippen molar-refractivity contribution in [1.82, 2.24) is 5.32 Å². The number of allylic oxidation sites excluding steroid dienone is 1. The van der Waals surface area contributed by atoms with Gasteiger partial charge in [-0.2, -0.15) is 0 Å². The van der Waals surface area contributed by atoms with Crippen LogP contribution in [0.25, 0.3) is 0 Å². The largest absolute Gasteiger partial charge is 0.323 e. The molecule has 1 fully saturated rings. The maximum Gasteiger partial charge on any atom is 0.323 e. The molecule has 0 heterocycles. The van der Waals surface area contributed by atoms with Crippen LogP contribution >= 0.6 is 0 Å². The van der Waals surface area contributed by atoms with E-state index in [-0.39, 0.29) is 6.03 Å². The molecule has 0 aliphatic heterocycles. The van der Waals surface area contributed by atoms with Crippen molar-refractivity contribution >= 4 is 11.7 Å². The Labute approximate surface area is 95.6 Å². The summed E-state index contributed by atoms with van der Waals surface area (Å²) < 4.78 is 0. The van der Waals surface area contributed by atoms with E-state index in [2.05, 4.69) is 10.6 Å². The van der Waals surface area contributed by atoms with E-state index in [1.807, 2.05) is 36.5 Å². The van der Waals surface area contributed by atoms with Crippen LogP contribution in [0.2, 0.25) is 0 Å². The van der Waals surface area contributed by atoms with Crippen LogP contribution in [0, 0.1) is 0 Å². The Morgan fingerprint density at radius 1 is 1.12 bits per heavy atom. The third kappa shape index (κ3) is 3.12. The van der Waals surface area contributed by atoms with Gasteiger partial charge in [0.05, 0.1) is 0 Å². The topological polar surface area (TPSA) is 41.1 Å². The molecule has 1 saturated carbocycles. The molecule has 0 spiro atoms. The van der Waals surface area contributed by atoms with Gasteiger partial charge in [0.25, 0.3) is 0 Å². The Hall–Kier alpha value is -1.77. The van der Waals surface area contributed by atoms with Crippen molar-refractivity contribution in [1.29, 1.82) is 0 Å². The second-order valence-electron chi connectivity index (χ2n) is 3.97. The highest BCUT2D eigenvalue weighted by Gasteiger charge is 2.06. The number of benzene rings is 1. The number of rotatable bonds is 2. The smallest absolute Gasteiger partial charge is 0.314 e. The number of carbonyl (C=O) groups is 1. The van der Waals surface area contributed by atoms with Gasteiger partial charge in [0.1, 0.15) is 0 Å². The van der Waals surface area contributed by atoms with Gasteiger partial charge in [-0.3, -0.25) is 0 Å². The van der Waals surface area contributed by atoms with Crippen molar-refractivity contribution in [3.63, 3.8) is 0 Å². The Morgan fingerprint density at radius 3 is 2.50 bits per heavy atom. The number of hydrogen-bond acceptors (Lipinski definition) is 1. The van der Waals surface area contributed by atoms with Crippen LogP contribution in [0.1, 0.15) is 25.7 Å². The SMILES string of the molecule is O=C(NC=C1CCCC1)Nc1ccccc1. The fourth-order valence-electron chi connectivity index (χ4n) is 1.83. The number of hydrogen-bond donors (Lipinski definition) is 2. The molecular formula is C13H16N2O. The van der Waals surface area contributed by atoms with Crippen LogP contribution in [-0.4, -0.2) is 6.03 Å². The quantitative estimate of drug-likeness (QED) is 0.782. The molecule has 1 aromatic rings. The molecule has 0 saturated heterocycles. The van der Waals surface area contributed by atoms with Gasteiger partial charge in [-0.15, -0.1) is 0 Å². The summed E-state index contributed by atoms with van der Waals surface area (Å²) in [5.41, 5.74) is 2.15. The fraction of sp³-hybridized carbons (Fsp3) is 0.308. The average molecular weight is 216 g/mol. The first-order valence-corrected chi connectivity index (χ1v) is 5.65. The Bertz CT molecular complexity index is 376. The zero-order valence-electron chi connectivity index (χ0n) is 9.20. The summed E-state index contributed by atoms with van der Waals surface area (Å²) in [5, 5.41) is 5.53. The third-order valence-electron chi connectivity index (χ3n) is 2.68. The van der Waals surface area contributed by atoms with E-state index in [1.54, 1.807) is 0 Å². The van der Waals surface area contributed by atoms with Gasteiger partial charge in [-0.1, -0.05) is 23.8 Å². The zero-order valence-corrected chi connectivity index (χ0v) is 9.20. The van der Waals surface area contributed by atoms with E-state index in [9.17, 15) is 4.79 Å². The molecule has 2 rings (SSSR count). The summed E-state index contributed by atoms with van der Waals surface area (Å²) in [4.78, 5) is 11.5. The minimum Gasteiger partial charge on any atom is -0.314 e. The van der Waals surface area contributed by atoms with Gasteiger partial charge >= 0.3 is 6.03 Å². The van der Waals surface area contributed by atoms with Crippen molar-refractivity contribution in [2.45, 2.75) is 25.7 Å². The van der Waals surface area contributed by atoms with Gasteiger partial charge in [-0.25, -0.2) is 4.79 Å². The summed E-state index contributed by atoms with van der Waals surface area (Å²) in [6, 6.07) is 9.26. The monoisotopic (exact) mass is 216 g/mol. The van der Waals surface area contributed by atoms with E-state index in [1.165, 1.54) is 18.4 Å². The predicted octanol–water partition coefficient (Wildman–Crippen LogP) is 3.27. The van der Waals surface area contributed by atoms with Crippen molar-refractivity contribution < 1.29 is 4.79 Å². The maximum absolute atomic E-state index is 11.5. The molecule has 0 bridgehead atoms. The number of urea groups is 1. The molecule has 84 valence electrons. The number of nitrogens with one attached hydrogen (secondary N) is 2. The van der Waals surface area contributed by atoms with Crippen molar-refractivity contribution in [3.05, 3.63) is 42.1 Å². The molecule has 0 atom stereocenters. The Balaban J connectivity index is 1.82. The van der Waals surface area contributed by atoms with Gasteiger partial charge < -0.3 is 10.6 Å². The molecular weight excluding hydrogens is 200 g/mol. The predicted molar refractivity (Wildman–Crippen MR) is 65.1 cm³/mol. The van der Waals surface area contributed by atoms with Gasteiger partial charge in [0.2, 0.25) is 0 Å². The third-order valence-corrected chi connectivity index (χ3v) is 2.68. The van der Waals surface area contributed by atoms with Gasteiger partial charge in [-0.05, 0) is 37.8 Å². The maximum atomic E-state index is 11.5. The molecule has 3 nitrogen and oxygen atoms in total. The van der Waals surface area contributed by atoms with E-state index in [0.717, 1.165) is 18.5 Å². The lowest BCUT2D eigenvalue weighted by molar-refractivity contribution is 0.255. The molecule has 1 aromatic carbocycles. The molecule has 1 aliphatic carbocycles. The summed E-state index contributed by atoms with van der Waals surface area (Å²) in [6.07, 6.45) is 6.56. The second-order valence-corrected chi connectivity index (χ2v) is 3.97. The molecule has 3 heteroatoms. The molecule has 2 N–H and O–H groups in total. The highest BCUT2D eigenvalue weighted by Crippen LogP contribution is 2.22. The van der Waals surface area contributed by atoms with E-state index < -0.39 is 0 Å². The van der Waals surface area contributed by atoms with Crippen LogP contribution in [0.5, 0.6) is 0 Å². The van der Waals surface area contributed by atoms with E-state index in [0.29, 0.717) is 0 Å². The number of anilines is 1. The first kappa shape index (κ1) is 10.7. The van der Waals surface area contributed by atoms with Crippen molar-refractivity contribution in [3.8, 4) is 0 Å². The van der Waals surface area contributed by atoms with Crippen LogP contribution in [0.15, 0.2) is 42.1 Å². The molecule has 16 heavy (non-hydrogen) atoms. The normalized spacial score (nSPS) is 14.6. The first-order valence-electron chi connectivity index (χ1n) is 5.65. The number of para-hydroxylation sites is 1. The molecule has 0 aromatic heterocycles. The van der Waals surface area contributed by atoms with E-state index >= 15 is 0 Å². The lowest BCUT2D eigenvalue weighted by atomic mass is 10.2. The fourth-order valence-corrected chi connectivity index (χ4v) is 1.83. The average Bonchev–Trinajstić information content (AvgIpc) is 2.81. The molecule has 2 amide bonds. The molecule has 1 aliphatic rings. The second kappa shape index (κ2) is 5.35. The number of carbonyl (C=O) groups excluding carboxylic acids is 1. The zero-order chi connectivity index (χ0) is 11.2. The highest BCUT2D eigenvalue weighted by atomic mass is 16.2. The van der Waals surface area contributed by atoms with Crippen LogP contribution in [-0.2, 0) is 0 Å². The van der Waals surface area contributed by atoms with Gasteiger partial charge in [0.15, 0.2) is 0 Å². The van der Waals surface area contributed by atoms with Crippen LogP contribution < -0.4 is 10.6 Å². The lowest BCUT2D eigenvalue weighted by Crippen LogP contribution is -2.24. The molecule has 0 radical (unpaired) electrons. The minimum absolute atomic E-state index is 0.175. The Morgan fingerprint density at radius 2 is 1.81 bits per heavy atom. The highest BCUT2D eigenvalue weighted by molar-refractivity contribution is 5.89. The number of amides is 2. The van der Waals surface area contributed by atoms with Crippen molar-refractivity contribution in [2.24, 2.45) is 0 Å². The summed E-state index contributed by atoms with van der Waals surface area (Å²) >= 11 is 0. The lowest BCUT2D eigenvalue weighted by Gasteiger charge is -2.04. The molecule has 0 unspecified atom stereocenters. The summed E-state index contributed by atoms with van der Waals surface area (Å²) in [7, 11) is 0. The first-order chi connectivity index (χ1) is 7.84.